The Labute approximate surface area is 125 Å². The van der Waals surface area contributed by atoms with Crippen molar-refractivity contribution in [3.63, 3.8) is 0 Å². The van der Waals surface area contributed by atoms with Crippen LogP contribution in [0.4, 0.5) is 5.69 Å². The molecule has 1 aromatic carbocycles. The molecule has 0 aromatic heterocycles. The molecule has 1 N–H and O–H groups in total. The second-order valence-corrected chi connectivity index (χ2v) is 6.02. The summed E-state index contributed by atoms with van der Waals surface area (Å²) in [5.74, 6) is 3.89. The van der Waals surface area contributed by atoms with Gasteiger partial charge in [-0.2, -0.15) is 0 Å². The summed E-state index contributed by atoms with van der Waals surface area (Å²) in [5, 5.41) is 11.8. The second-order valence-electron chi connectivity index (χ2n) is 6.02. The lowest BCUT2D eigenvalue weighted by molar-refractivity contribution is -0.116. The molecule has 0 bridgehead atoms. The van der Waals surface area contributed by atoms with E-state index in [0.717, 1.165) is 55.5 Å². The number of fused-ring (bicyclic) bond motifs is 1. The van der Waals surface area contributed by atoms with Crippen molar-refractivity contribution >= 4 is 18.3 Å². The van der Waals surface area contributed by atoms with E-state index in [2.05, 4.69) is 11.3 Å². The molecule has 1 amide bonds. The van der Waals surface area contributed by atoms with E-state index < -0.39 is 0 Å². The molecule has 0 atom stereocenters. The maximum absolute atomic E-state index is 11.3. The van der Waals surface area contributed by atoms with E-state index in [1.54, 1.807) is 0 Å². The van der Waals surface area contributed by atoms with Gasteiger partial charge in [0.05, 0.1) is 6.61 Å². The third-order valence-electron chi connectivity index (χ3n) is 4.49. The number of benzene rings is 1. The average molecular weight is 282 g/mol. The number of nitriles is 1. The number of hydrogen-bond acceptors (Lipinski definition) is 3. The molecule has 1 fully saturated rings. The Morgan fingerprint density at radius 2 is 2.14 bits per heavy atom. The lowest BCUT2D eigenvalue weighted by Gasteiger charge is -2.24. The van der Waals surface area contributed by atoms with Gasteiger partial charge < -0.3 is 10.1 Å². The highest BCUT2D eigenvalue weighted by atomic mass is 16.5. The molecule has 2 aliphatic heterocycles. The minimum Gasteiger partial charge on any atom is -0.493 e. The van der Waals surface area contributed by atoms with Gasteiger partial charge in [0.1, 0.15) is 5.75 Å². The van der Waals surface area contributed by atoms with Gasteiger partial charge >= 0.3 is 0 Å². The van der Waals surface area contributed by atoms with E-state index in [1.807, 2.05) is 18.2 Å². The smallest absolute Gasteiger partial charge is 0.267 e. The summed E-state index contributed by atoms with van der Waals surface area (Å²) in [6.45, 7) is 0.970. The fraction of sp³-hybridized carbons (Fsp3) is 0.500. The Hall–Kier alpha value is -1.96. The van der Waals surface area contributed by atoms with Crippen LogP contribution in [-0.4, -0.2) is 19.2 Å². The highest BCUT2D eigenvalue weighted by Crippen LogP contribution is 2.29. The van der Waals surface area contributed by atoms with Gasteiger partial charge in [-0.25, -0.2) is 5.26 Å². The number of amides is 1. The third-order valence-corrected chi connectivity index (χ3v) is 4.49. The summed E-state index contributed by atoms with van der Waals surface area (Å²) in [4.78, 5) is 11.3. The molecule has 1 saturated heterocycles. The molecule has 0 aliphatic carbocycles. The average Bonchev–Trinajstić information content (AvgIpc) is 2.53. The van der Waals surface area contributed by atoms with Crippen molar-refractivity contribution < 1.29 is 9.53 Å². The van der Waals surface area contributed by atoms with Crippen LogP contribution in [0.2, 0.25) is 12.6 Å². The molecule has 3 rings (SSSR count). The second kappa shape index (κ2) is 6.21. The molecule has 0 unspecified atom stereocenters. The molecule has 108 valence electrons. The summed E-state index contributed by atoms with van der Waals surface area (Å²) < 4.78 is 5.91. The van der Waals surface area contributed by atoms with Crippen LogP contribution in [0.1, 0.15) is 24.8 Å². The van der Waals surface area contributed by atoms with Crippen LogP contribution < -0.4 is 10.1 Å². The van der Waals surface area contributed by atoms with Gasteiger partial charge in [0.25, 0.3) is 6.71 Å². The fourth-order valence-corrected chi connectivity index (χ4v) is 3.12. The Kier molecular flexibility index (Phi) is 4.14. The van der Waals surface area contributed by atoms with Gasteiger partial charge in [-0.3, -0.25) is 4.79 Å². The molecule has 0 saturated carbocycles. The number of carbonyl (C=O) groups is 1. The number of rotatable bonds is 3. The zero-order valence-corrected chi connectivity index (χ0v) is 12.1. The first kappa shape index (κ1) is 14.0. The van der Waals surface area contributed by atoms with Gasteiger partial charge in [0, 0.05) is 18.1 Å². The fourth-order valence-electron chi connectivity index (χ4n) is 3.12. The summed E-state index contributed by atoms with van der Waals surface area (Å²) in [6, 6.07) is 5.88. The van der Waals surface area contributed by atoms with Crippen LogP contribution >= 0.6 is 0 Å². The van der Waals surface area contributed by atoms with Crippen molar-refractivity contribution in [2.45, 2.75) is 38.3 Å². The molecule has 21 heavy (non-hydrogen) atoms. The van der Waals surface area contributed by atoms with Crippen molar-refractivity contribution in [1.82, 2.24) is 0 Å². The Morgan fingerprint density at radius 1 is 1.33 bits per heavy atom. The predicted octanol–water partition coefficient (Wildman–Crippen LogP) is 2.92. The van der Waals surface area contributed by atoms with Crippen LogP contribution in [0.15, 0.2) is 18.2 Å². The van der Waals surface area contributed by atoms with Crippen molar-refractivity contribution in [2.24, 2.45) is 5.92 Å². The van der Waals surface area contributed by atoms with E-state index >= 15 is 0 Å². The highest BCUT2D eigenvalue weighted by molar-refractivity contribution is 6.67. The largest absolute Gasteiger partial charge is 0.493 e. The van der Waals surface area contributed by atoms with Crippen LogP contribution in [0.3, 0.4) is 0 Å². The lowest BCUT2D eigenvalue weighted by Crippen LogP contribution is -2.24. The van der Waals surface area contributed by atoms with Crippen LogP contribution in [-0.2, 0) is 11.2 Å². The van der Waals surface area contributed by atoms with Gasteiger partial charge in [-0.1, -0.05) is 25.5 Å². The summed E-state index contributed by atoms with van der Waals surface area (Å²) >= 11 is 0. The summed E-state index contributed by atoms with van der Waals surface area (Å²) in [5.41, 5.74) is 2.06. The van der Waals surface area contributed by atoms with Gasteiger partial charge in [-0.15, -0.1) is 0 Å². The zero-order chi connectivity index (χ0) is 14.7. The molecule has 2 aliphatic rings. The van der Waals surface area contributed by atoms with E-state index in [1.165, 1.54) is 0 Å². The molecular formula is C16H19BN2O2. The lowest BCUT2D eigenvalue weighted by atomic mass is 9.42. The quantitative estimate of drug-likeness (QED) is 0.867. The van der Waals surface area contributed by atoms with Gasteiger partial charge in [0.2, 0.25) is 5.91 Å². The van der Waals surface area contributed by atoms with Crippen molar-refractivity contribution in [2.75, 3.05) is 11.9 Å². The van der Waals surface area contributed by atoms with Crippen molar-refractivity contribution in [1.29, 1.82) is 5.26 Å². The molecular weight excluding hydrogens is 263 g/mol. The molecule has 1 aromatic rings. The van der Waals surface area contributed by atoms with E-state index in [9.17, 15) is 4.79 Å². The topological polar surface area (TPSA) is 62.1 Å². The SMILES string of the molecule is N#CB1CCC(COc2ccc3c(c2)CCC(=O)N3)CC1. The maximum Gasteiger partial charge on any atom is 0.267 e. The maximum atomic E-state index is 11.3. The predicted molar refractivity (Wildman–Crippen MR) is 82.6 cm³/mol. The molecule has 0 spiro atoms. The van der Waals surface area contributed by atoms with Crippen LogP contribution in [0.5, 0.6) is 5.75 Å². The Morgan fingerprint density at radius 3 is 2.90 bits per heavy atom. The van der Waals surface area contributed by atoms with Crippen LogP contribution in [0, 0.1) is 17.1 Å². The van der Waals surface area contributed by atoms with Crippen LogP contribution in [0.25, 0.3) is 0 Å². The standard InChI is InChI=1S/C16H19BN2O2/c18-11-17-7-5-12(6-8-17)10-21-14-2-3-15-13(9-14)1-4-16(20)19-15/h2-3,9,12H,1,4-8,10H2,(H,19,20). The number of aryl methyl sites for hydroxylation is 1. The van der Waals surface area contributed by atoms with E-state index in [4.69, 9.17) is 10.00 Å². The highest BCUT2D eigenvalue weighted by Gasteiger charge is 2.24. The molecule has 5 heteroatoms. The number of ether oxygens (including phenoxy) is 1. The minimum absolute atomic E-state index is 0.0884. The number of anilines is 1. The van der Waals surface area contributed by atoms with Gasteiger partial charge in [0.15, 0.2) is 0 Å². The first-order valence-corrected chi connectivity index (χ1v) is 7.70. The molecule has 4 nitrogen and oxygen atoms in total. The van der Waals surface area contributed by atoms with E-state index in [0.29, 0.717) is 12.3 Å². The number of nitrogens with one attached hydrogen (secondary N) is 1. The number of nitrogens with zero attached hydrogens (tertiary/aromatic N) is 1. The summed E-state index contributed by atoms with van der Waals surface area (Å²) in [7, 11) is 0. The molecule has 2 heterocycles. The third kappa shape index (κ3) is 3.39. The van der Waals surface area contributed by atoms with E-state index in [-0.39, 0.29) is 12.6 Å². The van der Waals surface area contributed by atoms with Gasteiger partial charge in [-0.05, 0) is 36.1 Å². The normalized spacial score (nSPS) is 18.6. The first-order chi connectivity index (χ1) is 10.2. The Balaban J connectivity index is 1.54. The Bertz CT molecular complexity index is 574. The zero-order valence-electron chi connectivity index (χ0n) is 12.1. The minimum atomic E-state index is 0.0884. The summed E-state index contributed by atoms with van der Waals surface area (Å²) in [6.07, 6.45) is 5.50. The van der Waals surface area contributed by atoms with Crippen molar-refractivity contribution in [3.8, 4) is 11.7 Å². The first-order valence-electron chi connectivity index (χ1n) is 7.70. The van der Waals surface area contributed by atoms with Crippen molar-refractivity contribution in [3.05, 3.63) is 23.8 Å². The number of carbonyl (C=O) groups excluding carboxylic acids is 1. The molecule has 0 radical (unpaired) electrons. The number of hydrogen-bond donors (Lipinski definition) is 1. The monoisotopic (exact) mass is 282 g/mol.